The molecule has 0 radical (unpaired) electrons. The van der Waals surface area contributed by atoms with Crippen LogP contribution in [0.15, 0.2) is 40.5 Å². The predicted octanol–water partition coefficient (Wildman–Crippen LogP) is 2.42. The maximum Gasteiger partial charge on any atom is 0.0975 e. The lowest BCUT2D eigenvalue weighted by molar-refractivity contribution is 1.05. The Hall–Kier alpha value is -1.16. The van der Waals surface area contributed by atoms with E-state index >= 15 is 0 Å². The van der Waals surface area contributed by atoms with Crippen LogP contribution < -0.4 is 10.6 Å². The van der Waals surface area contributed by atoms with Crippen LogP contribution in [0.5, 0.6) is 0 Å². The molecule has 0 rings (SSSR count). The van der Waals surface area contributed by atoms with Crippen molar-refractivity contribution in [3.05, 3.63) is 35.5 Å². The molecule has 0 aromatic carbocycles. The Morgan fingerprint density at radius 3 is 2.00 bits per heavy atom. The molecule has 0 saturated carbocycles. The standard InChI is InChI=1S/C10H17N3S/c1-7(2)12-9(4)14-10(5)13-8(3)11-6/h12H,1,4-5H2,2-3,6H3,(H,11,13). The zero-order chi connectivity index (χ0) is 11.1. The molecule has 0 aliphatic heterocycles. The van der Waals surface area contributed by atoms with Gasteiger partial charge in [0.25, 0.3) is 0 Å². The molecule has 0 heterocycles. The Balaban J connectivity index is 3.95. The van der Waals surface area contributed by atoms with Crippen molar-refractivity contribution in [2.24, 2.45) is 4.99 Å². The molecule has 14 heavy (non-hydrogen) atoms. The molecule has 0 unspecified atom stereocenters. The molecule has 0 aromatic heterocycles. The minimum Gasteiger partial charge on any atom is -0.355 e. The summed E-state index contributed by atoms with van der Waals surface area (Å²) in [5.41, 5.74) is 0.858. The zero-order valence-electron chi connectivity index (χ0n) is 8.98. The first-order valence-electron chi connectivity index (χ1n) is 4.14. The Morgan fingerprint density at radius 2 is 1.57 bits per heavy atom. The van der Waals surface area contributed by atoms with Gasteiger partial charge in [-0.1, -0.05) is 31.5 Å². The van der Waals surface area contributed by atoms with Crippen molar-refractivity contribution in [3.8, 4) is 0 Å². The fourth-order valence-corrected chi connectivity index (χ4v) is 1.42. The zero-order valence-corrected chi connectivity index (χ0v) is 9.79. The van der Waals surface area contributed by atoms with Gasteiger partial charge in [0.2, 0.25) is 0 Å². The summed E-state index contributed by atoms with van der Waals surface area (Å²) in [6.45, 7) is 15.1. The summed E-state index contributed by atoms with van der Waals surface area (Å²) in [5, 5.41) is 7.59. The van der Waals surface area contributed by atoms with Gasteiger partial charge in [-0.2, -0.15) is 0 Å². The molecular formula is C10H17N3S. The van der Waals surface area contributed by atoms with E-state index in [1.54, 1.807) is 7.05 Å². The molecular weight excluding hydrogens is 194 g/mol. The highest BCUT2D eigenvalue weighted by Crippen LogP contribution is 2.18. The Labute approximate surface area is 90.1 Å². The second-order valence-electron chi connectivity index (χ2n) is 2.79. The average Bonchev–Trinajstić information content (AvgIpc) is 2.01. The Morgan fingerprint density at radius 1 is 1.07 bits per heavy atom. The van der Waals surface area contributed by atoms with E-state index in [2.05, 4.69) is 35.4 Å². The number of thioether (sulfide) groups is 1. The number of hydrogen-bond donors (Lipinski definition) is 2. The smallest absolute Gasteiger partial charge is 0.0975 e. The maximum absolute atomic E-state index is 3.96. The highest BCUT2D eigenvalue weighted by molar-refractivity contribution is 8.06. The van der Waals surface area contributed by atoms with Crippen LogP contribution in [0.4, 0.5) is 0 Å². The van der Waals surface area contributed by atoms with E-state index in [-0.39, 0.29) is 0 Å². The molecule has 0 aliphatic carbocycles. The van der Waals surface area contributed by atoms with Gasteiger partial charge in [-0.25, -0.2) is 0 Å². The Bertz CT molecular complexity index is 279. The molecule has 0 aromatic rings. The van der Waals surface area contributed by atoms with Crippen LogP contribution in [0.3, 0.4) is 0 Å². The number of allylic oxidation sites excluding steroid dienone is 1. The first-order valence-corrected chi connectivity index (χ1v) is 4.96. The number of aliphatic imine (C=N–C) groups is 1. The van der Waals surface area contributed by atoms with E-state index < -0.39 is 0 Å². The first-order chi connectivity index (χ1) is 6.45. The SMILES string of the molecule is C=C(C)NC(=C)SC(=C)N/C(C)=N\C. The van der Waals surface area contributed by atoms with Gasteiger partial charge in [-0.3, -0.25) is 4.99 Å². The quantitative estimate of drug-likeness (QED) is 0.541. The van der Waals surface area contributed by atoms with Crippen LogP contribution >= 0.6 is 11.8 Å². The molecule has 0 aliphatic rings. The molecule has 4 heteroatoms. The number of rotatable bonds is 5. The predicted molar refractivity (Wildman–Crippen MR) is 66.0 cm³/mol. The summed E-state index contributed by atoms with van der Waals surface area (Å²) < 4.78 is 0. The first kappa shape index (κ1) is 12.8. The lowest BCUT2D eigenvalue weighted by Crippen LogP contribution is -2.18. The van der Waals surface area contributed by atoms with E-state index in [4.69, 9.17) is 0 Å². The largest absolute Gasteiger partial charge is 0.355 e. The van der Waals surface area contributed by atoms with Crippen LogP contribution in [0, 0.1) is 0 Å². The molecule has 0 fully saturated rings. The number of hydrogen-bond acceptors (Lipinski definition) is 3. The summed E-state index contributed by atoms with van der Waals surface area (Å²) >= 11 is 1.42. The van der Waals surface area contributed by atoms with Crippen molar-refractivity contribution in [2.75, 3.05) is 7.05 Å². The highest BCUT2D eigenvalue weighted by atomic mass is 32.2. The fraction of sp³-hybridized carbons (Fsp3) is 0.300. The van der Waals surface area contributed by atoms with Gasteiger partial charge in [-0.05, 0) is 13.8 Å². The van der Waals surface area contributed by atoms with E-state index in [1.807, 2.05) is 13.8 Å². The minimum absolute atomic E-state index is 0.784. The van der Waals surface area contributed by atoms with Gasteiger partial charge in [-0.15, -0.1) is 0 Å². The number of nitrogens with zero attached hydrogens (tertiary/aromatic N) is 1. The van der Waals surface area contributed by atoms with Crippen molar-refractivity contribution in [1.29, 1.82) is 0 Å². The van der Waals surface area contributed by atoms with E-state index in [0.717, 1.165) is 21.6 Å². The third kappa shape index (κ3) is 6.37. The van der Waals surface area contributed by atoms with E-state index in [0.29, 0.717) is 0 Å². The lowest BCUT2D eigenvalue weighted by Gasteiger charge is -2.11. The van der Waals surface area contributed by atoms with Gasteiger partial charge >= 0.3 is 0 Å². The summed E-state index contributed by atoms with van der Waals surface area (Å²) in [7, 11) is 1.72. The van der Waals surface area contributed by atoms with Crippen molar-refractivity contribution >= 4 is 17.6 Å². The van der Waals surface area contributed by atoms with Crippen LogP contribution in [0.1, 0.15) is 13.8 Å². The molecule has 3 nitrogen and oxygen atoms in total. The highest BCUT2D eigenvalue weighted by Gasteiger charge is 1.99. The summed E-state index contributed by atoms with van der Waals surface area (Å²) in [6.07, 6.45) is 0. The fourth-order valence-electron chi connectivity index (χ4n) is 0.695. The van der Waals surface area contributed by atoms with Gasteiger partial charge in [0.1, 0.15) is 0 Å². The minimum atomic E-state index is 0.784. The van der Waals surface area contributed by atoms with Crippen molar-refractivity contribution in [3.63, 3.8) is 0 Å². The molecule has 2 N–H and O–H groups in total. The normalized spacial score (nSPS) is 10.6. The van der Waals surface area contributed by atoms with Crippen LogP contribution in [0.2, 0.25) is 0 Å². The van der Waals surface area contributed by atoms with E-state index in [9.17, 15) is 0 Å². The van der Waals surface area contributed by atoms with Gasteiger partial charge in [0.15, 0.2) is 0 Å². The van der Waals surface area contributed by atoms with Crippen LogP contribution in [-0.4, -0.2) is 12.9 Å². The molecule has 0 bridgehead atoms. The van der Waals surface area contributed by atoms with Crippen LogP contribution in [-0.2, 0) is 0 Å². The number of amidine groups is 1. The molecule has 78 valence electrons. The topological polar surface area (TPSA) is 36.4 Å². The van der Waals surface area contributed by atoms with E-state index in [1.165, 1.54) is 11.8 Å². The van der Waals surface area contributed by atoms with Crippen LogP contribution in [0.25, 0.3) is 0 Å². The van der Waals surface area contributed by atoms with Crippen molar-refractivity contribution in [1.82, 2.24) is 10.6 Å². The van der Waals surface area contributed by atoms with Gasteiger partial charge < -0.3 is 10.6 Å². The van der Waals surface area contributed by atoms with Gasteiger partial charge in [0.05, 0.1) is 15.9 Å². The van der Waals surface area contributed by atoms with Crippen molar-refractivity contribution < 1.29 is 0 Å². The second-order valence-corrected chi connectivity index (χ2v) is 3.98. The monoisotopic (exact) mass is 211 g/mol. The second kappa shape index (κ2) is 6.32. The Kier molecular flexibility index (Phi) is 5.79. The average molecular weight is 211 g/mol. The van der Waals surface area contributed by atoms with Crippen molar-refractivity contribution in [2.45, 2.75) is 13.8 Å². The summed E-state index contributed by atoms with van der Waals surface area (Å²) in [4.78, 5) is 3.96. The molecule has 0 amide bonds. The summed E-state index contributed by atoms with van der Waals surface area (Å²) in [6, 6.07) is 0. The third-order valence-corrected chi connectivity index (χ3v) is 1.95. The molecule has 0 spiro atoms. The third-order valence-electron chi connectivity index (χ3n) is 1.25. The maximum atomic E-state index is 3.96. The molecule has 0 saturated heterocycles. The molecule has 0 atom stereocenters. The van der Waals surface area contributed by atoms with Gasteiger partial charge in [0, 0.05) is 12.7 Å². The number of nitrogens with one attached hydrogen (secondary N) is 2. The lowest BCUT2D eigenvalue weighted by atomic mass is 10.6. The summed E-state index contributed by atoms with van der Waals surface area (Å²) in [5.74, 6) is 0.825.